The minimum absolute atomic E-state index is 0.148. The Morgan fingerprint density at radius 2 is 1.59 bits per heavy atom. The Hall–Kier alpha value is -2.61. The van der Waals surface area contributed by atoms with Gasteiger partial charge in [-0.25, -0.2) is 4.79 Å². The van der Waals surface area contributed by atoms with Gasteiger partial charge in [-0.2, -0.15) is 0 Å². The van der Waals surface area contributed by atoms with Crippen LogP contribution in [0.3, 0.4) is 0 Å². The molecule has 0 saturated carbocycles. The lowest BCUT2D eigenvalue weighted by Gasteiger charge is -2.15. The molecule has 0 aliphatic carbocycles. The van der Waals surface area contributed by atoms with E-state index < -0.39 is 18.2 Å². The van der Waals surface area contributed by atoms with E-state index in [2.05, 4.69) is 12.2 Å². The van der Waals surface area contributed by atoms with Crippen molar-refractivity contribution in [2.24, 2.45) is 0 Å². The number of hydrogen-bond donors (Lipinski definition) is 2. The highest BCUT2D eigenvalue weighted by atomic mass is 16.6. The van der Waals surface area contributed by atoms with E-state index in [1.54, 1.807) is 0 Å². The van der Waals surface area contributed by atoms with E-state index in [4.69, 9.17) is 14.2 Å². The summed E-state index contributed by atoms with van der Waals surface area (Å²) in [7, 11) is 0. The third kappa shape index (κ3) is 14.4. The van der Waals surface area contributed by atoms with Crippen molar-refractivity contribution in [2.45, 2.75) is 77.4 Å². The lowest BCUT2D eigenvalue weighted by atomic mass is 10.1. The lowest BCUT2D eigenvalue weighted by molar-refractivity contribution is -0.161. The topological polar surface area (TPSA) is 111 Å². The number of unbranched alkanes of at least 4 members (excludes halogenated alkanes) is 5. The smallest absolute Gasteiger partial charge is 0.407 e. The first-order valence-corrected chi connectivity index (χ1v) is 11.5. The van der Waals surface area contributed by atoms with E-state index in [0.717, 1.165) is 37.7 Å². The molecular weight excluding hydrogens is 414 g/mol. The third-order valence-electron chi connectivity index (χ3n) is 4.71. The van der Waals surface area contributed by atoms with Gasteiger partial charge in [0, 0.05) is 19.4 Å². The zero-order chi connectivity index (χ0) is 23.4. The van der Waals surface area contributed by atoms with Gasteiger partial charge in [-0.3, -0.25) is 9.59 Å². The van der Waals surface area contributed by atoms with E-state index in [1.807, 2.05) is 30.3 Å². The lowest BCUT2D eigenvalue weighted by Crippen LogP contribution is -2.28. The van der Waals surface area contributed by atoms with Crippen LogP contribution in [0.2, 0.25) is 0 Å². The number of carbonyl (C=O) groups excluding carboxylic acids is 3. The number of rotatable bonds is 17. The second-order valence-electron chi connectivity index (χ2n) is 7.59. The molecule has 0 aliphatic rings. The Labute approximate surface area is 190 Å². The van der Waals surface area contributed by atoms with Crippen LogP contribution >= 0.6 is 0 Å². The largest absolute Gasteiger partial charge is 0.462 e. The fourth-order valence-electron chi connectivity index (χ4n) is 2.86. The Kier molecular flexibility index (Phi) is 15.4. The minimum Gasteiger partial charge on any atom is -0.462 e. The molecule has 32 heavy (non-hydrogen) atoms. The van der Waals surface area contributed by atoms with Crippen molar-refractivity contribution < 1.29 is 33.7 Å². The van der Waals surface area contributed by atoms with Gasteiger partial charge in [0.1, 0.15) is 13.2 Å². The molecule has 0 heterocycles. The average Bonchev–Trinajstić information content (AvgIpc) is 2.81. The van der Waals surface area contributed by atoms with Crippen molar-refractivity contribution in [3.05, 3.63) is 35.9 Å². The zero-order valence-corrected chi connectivity index (χ0v) is 19.1. The SMILES string of the molecule is CCCCCCC(=O)OC(CO)COC(=O)CCCCCNC(=O)OCc1ccccc1. The number of aliphatic hydroxyl groups is 1. The molecule has 8 heteroatoms. The Balaban J connectivity index is 2.02. The molecular formula is C24H37NO7. The molecule has 0 radical (unpaired) electrons. The molecule has 1 unspecified atom stereocenters. The number of alkyl carbamates (subject to hydrolysis) is 1. The van der Waals surface area contributed by atoms with Crippen molar-refractivity contribution >= 4 is 18.0 Å². The first-order chi connectivity index (χ1) is 15.5. The first-order valence-electron chi connectivity index (χ1n) is 11.5. The van der Waals surface area contributed by atoms with Gasteiger partial charge < -0.3 is 24.6 Å². The van der Waals surface area contributed by atoms with Gasteiger partial charge in [-0.1, -0.05) is 62.9 Å². The summed E-state index contributed by atoms with van der Waals surface area (Å²) in [5.41, 5.74) is 0.923. The molecule has 1 atom stereocenters. The Bertz CT molecular complexity index is 651. The predicted molar refractivity (Wildman–Crippen MR) is 120 cm³/mol. The van der Waals surface area contributed by atoms with Gasteiger partial charge >= 0.3 is 18.0 Å². The highest BCUT2D eigenvalue weighted by Crippen LogP contribution is 2.07. The Morgan fingerprint density at radius 3 is 2.28 bits per heavy atom. The highest BCUT2D eigenvalue weighted by Gasteiger charge is 2.16. The Morgan fingerprint density at radius 1 is 0.906 bits per heavy atom. The van der Waals surface area contributed by atoms with Crippen LogP contribution in [0.4, 0.5) is 4.79 Å². The quantitative estimate of drug-likeness (QED) is 0.210. The molecule has 0 spiro atoms. The average molecular weight is 452 g/mol. The zero-order valence-electron chi connectivity index (χ0n) is 19.1. The molecule has 1 aromatic rings. The van der Waals surface area contributed by atoms with Crippen LogP contribution < -0.4 is 5.32 Å². The van der Waals surface area contributed by atoms with E-state index in [9.17, 15) is 19.5 Å². The highest BCUT2D eigenvalue weighted by molar-refractivity contribution is 5.70. The third-order valence-corrected chi connectivity index (χ3v) is 4.71. The van der Waals surface area contributed by atoms with Gasteiger partial charge in [-0.15, -0.1) is 0 Å². The van der Waals surface area contributed by atoms with Gasteiger partial charge in [0.15, 0.2) is 6.10 Å². The molecule has 0 fully saturated rings. The number of hydrogen-bond acceptors (Lipinski definition) is 7. The molecule has 0 saturated heterocycles. The molecule has 1 amide bonds. The second-order valence-corrected chi connectivity index (χ2v) is 7.59. The predicted octanol–water partition coefficient (Wildman–Crippen LogP) is 3.89. The molecule has 8 nitrogen and oxygen atoms in total. The standard InChI is InChI=1S/C24H37NO7/c1-2-3-4-9-15-23(28)32-21(17-26)19-30-22(27)14-10-6-11-16-25-24(29)31-18-20-12-7-5-8-13-20/h5,7-8,12-13,21,26H,2-4,6,9-11,14-19H2,1H3,(H,25,29). The summed E-state index contributed by atoms with van der Waals surface area (Å²) >= 11 is 0. The number of ether oxygens (including phenoxy) is 3. The second kappa shape index (κ2) is 18.0. The maximum absolute atomic E-state index is 11.8. The van der Waals surface area contributed by atoms with Gasteiger partial charge in [0.05, 0.1) is 6.61 Å². The molecule has 0 bridgehead atoms. The van der Waals surface area contributed by atoms with Crippen LogP contribution in [-0.4, -0.2) is 49.0 Å². The monoisotopic (exact) mass is 451 g/mol. The van der Waals surface area contributed by atoms with Crippen LogP contribution in [0, 0.1) is 0 Å². The van der Waals surface area contributed by atoms with Crippen LogP contribution in [-0.2, 0) is 30.4 Å². The maximum Gasteiger partial charge on any atom is 0.407 e. The molecule has 0 aliphatic heterocycles. The minimum atomic E-state index is -0.830. The van der Waals surface area contributed by atoms with Crippen LogP contribution in [0.15, 0.2) is 30.3 Å². The van der Waals surface area contributed by atoms with E-state index >= 15 is 0 Å². The van der Waals surface area contributed by atoms with E-state index in [-0.39, 0.29) is 32.2 Å². The number of aliphatic hydroxyl groups excluding tert-OH is 1. The van der Waals surface area contributed by atoms with Crippen molar-refractivity contribution in [3.8, 4) is 0 Å². The number of esters is 2. The van der Waals surface area contributed by atoms with Gasteiger partial charge in [0.2, 0.25) is 0 Å². The van der Waals surface area contributed by atoms with Crippen molar-refractivity contribution in [2.75, 3.05) is 19.8 Å². The number of carbonyl (C=O) groups is 3. The van der Waals surface area contributed by atoms with E-state index in [1.165, 1.54) is 0 Å². The number of benzene rings is 1. The molecule has 1 rings (SSSR count). The first kappa shape index (κ1) is 27.4. The number of nitrogens with one attached hydrogen (secondary N) is 1. The molecule has 2 N–H and O–H groups in total. The molecule has 180 valence electrons. The summed E-state index contributed by atoms with van der Waals surface area (Å²) in [6.07, 6.45) is 5.17. The molecule has 1 aromatic carbocycles. The summed E-state index contributed by atoms with van der Waals surface area (Å²) in [5.74, 6) is -0.788. The summed E-state index contributed by atoms with van der Waals surface area (Å²) in [4.78, 5) is 35.2. The number of amides is 1. The summed E-state index contributed by atoms with van der Waals surface area (Å²) < 4.78 is 15.3. The van der Waals surface area contributed by atoms with Crippen LogP contribution in [0.5, 0.6) is 0 Å². The van der Waals surface area contributed by atoms with Crippen molar-refractivity contribution in [1.82, 2.24) is 5.32 Å². The van der Waals surface area contributed by atoms with Gasteiger partial charge in [0.25, 0.3) is 0 Å². The fraction of sp³-hybridized carbons (Fsp3) is 0.625. The normalized spacial score (nSPS) is 11.4. The fourth-order valence-corrected chi connectivity index (χ4v) is 2.86. The summed E-state index contributed by atoms with van der Waals surface area (Å²) in [6, 6.07) is 9.43. The van der Waals surface area contributed by atoms with Crippen LogP contribution in [0.25, 0.3) is 0 Å². The molecule has 0 aromatic heterocycles. The van der Waals surface area contributed by atoms with Crippen molar-refractivity contribution in [1.29, 1.82) is 0 Å². The maximum atomic E-state index is 11.8. The van der Waals surface area contributed by atoms with E-state index in [0.29, 0.717) is 25.8 Å². The van der Waals surface area contributed by atoms with Crippen molar-refractivity contribution in [3.63, 3.8) is 0 Å². The summed E-state index contributed by atoms with van der Waals surface area (Å²) in [5, 5.41) is 12.0. The van der Waals surface area contributed by atoms with Crippen LogP contribution in [0.1, 0.15) is 70.3 Å². The van der Waals surface area contributed by atoms with Gasteiger partial charge in [-0.05, 0) is 24.8 Å². The summed E-state index contributed by atoms with van der Waals surface area (Å²) in [6.45, 7) is 2.24.